The first-order valence-corrected chi connectivity index (χ1v) is 11.3. The van der Waals surface area contributed by atoms with Crippen molar-refractivity contribution in [1.82, 2.24) is 19.5 Å². The number of aromatic nitrogens is 4. The van der Waals surface area contributed by atoms with Gasteiger partial charge in [0.05, 0.1) is 24.8 Å². The Morgan fingerprint density at radius 3 is 2.81 bits per heavy atom. The van der Waals surface area contributed by atoms with Crippen LogP contribution in [-0.2, 0) is 24.3 Å². The van der Waals surface area contributed by atoms with Gasteiger partial charge in [-0.1, -0.05) is 18.9 Å². The smallest absolute Gasteiger partial charge is 0.239 e. The molecule has 5 rings (SSSR count). The Labute approximate surface area is 180 Å². The Bertz CT molecular complexity index is 1230. The van der Waals surface area contributed by atoms with E-state index in [-0.39, 0.29) is 11.6 Å². The maximum absolute atomic E-state index is 14.4. The number of anilines is 2. The van der Waals surface area contributed by atoms with E-state index in [2.05, 4.69) is 22.1 Å². The summed E-state index contributed by atoms with van der Waals surface area (Å²) in [4.78, 5) is 16.0. The van der Waals surface area contributed by atoms with Gasteiger partial charge in [-0.25, -0.2) is 18.9 Å². The van der Waals surface area contributed by atoms with Crippen LogP contribution < -0.4 is 10.2 Å². The van der Waals surface area contributed by atoms with Crippen LogP contribution in [0, 0.1) is 10.6 Å². The van der Waals surface area contributed by atoms with E-state index >= 15 is 0 Å². The molecule has 164 valence electrons. The summed E-state index contributed by atoms with van der Waals surface area (Å²) in [5, 5.41) is 2.99. The van der Waals surface area contributed by atoms with Crippen LogP contribution in [0.15, 0.2) is 24.3 Å². The quantitative estimate of drug-likeness (QED) is 0.583. The van der Waals surface area contributed by atoms with Crippen molar-refractivity contribution in [2.24, 2.45) is 0 Å². The summed E-state index contributed by atoms with van der Waals surface area (Å²) in [6.07, 6.45) is 1.27. The van der Waals surface area contributed by atoms with E-state index in [0.29, 0.717) is 61.5 Å². The van der Waals surface area contributed by atoms with Crippen LogP contribution in [0.3, 0.4) is 0 Å². The summed E-state index contributed by atoms with van der Waals surface area (Å²) in [6, 6.07) is 6.67. The average Bonchev–Trinajstić information content (AvgIpc) is 3.49. The fraction of sp³-hybridized carbons (Fsp3) is 0.450. The van der Waals surface area contributed by atoms with E-state index in [0.717, 1.165) is 0 Å². The lowest BCUT2D eigenvalue weighted by molar-refractivity contribution is 0.0985. The van der Waals surface area contributed by atoms with Crippen LogP contribution in [0.1, 0.15) is 25.5 Å². The molecule has 1 unspecified atom stereocenters. The van der Waals surface area contributed by atoms with Gasteiger partial charge >= 0.3 is 0 Å². The number of fused-ring (bicyclic) bond motifs is 1. The number of rotatable bonds is 5. The highest BCUT2D eigenvalue weighted by Crippen LogP contribution is 2.49. The zero-order valence-electron chi connectivity index (χ0n) is 17.3. The van der Waals surface area contributed by atoms with Gasteiger partial charge in [0, 0.05) is 25.4 Å². The van der Waals surface area contributed by atoms with Crippen LogP contribution in [0.5, 0.6) is 0 Å². The third-order valence-electron chi connectivity index (χ3n) is 5.95. The standard InChI is InChI=1S/C20H23FN7O2S/c1-12-11-30-9-8-27(12)16-10-15(20(6-7-20)31(22)29)24-19(25-16)28-14-5-3-4-13(21)17(14)26-18(28)23-2/h3-5,10,12,22H,6-9,11H2,1-2H3,(H,23,26)/q-1. The molecule has 2 fully saturated rings. The van der Waals surface area contributed by atoms with Gasteiger partial charge < -0.3 is 23.9 Å². The molecular weight excluding hydrogens is 421 g/mol. The number of ether oxygens (including phenoxy) is 1. The molecule has 0 bridgehead atoms. The highest BCUT2D eigenvalue weighted by molar-refractivity contribution is 7.74. The van der Waals surface area contributed by atoms with Crippen molar-refractivity contribution in [2.45, 2.75) is 30.6 Å². The Morgan fingerprint density at radius 2 is 2.13 bits per heavy atom. The molecule has 1 saturated carbocycles. The lowest BCUT2D eigenvalue weighted by atomic mass is 10.2. The van der Waals surface area contributed by atoms with Crippen LogP contribution in [0.4, 0.5) is 16.2 Å². The lowest BCUT2D eigenvalue weighted by Crippen LogP contribution is -2.44. The first-order chi connectivity index (χ1) is 14.9. The second kappa shape index (κ2) is 7.41. The first-order valence-electron chi connectivity index (χ1n) is 10.2. The second-order valence-corrected chi connectivity index (χ2v) is 9.24. The van der Waals surface area contributed by atoms with Gasteiger partial charge in [0.1, 0.15) is 11.3 Å². The van der Waals surface area contributed by atoms with E-state index in [1.54, 1.807) is 23.7 Å². The molecule has 3 aromatic rings. The summed E-state index contributed by atoms with van der Waals surface area (Å²) < 4.78 is 41.0. The Balaban J connectivity index is 1.75. The Morgan fingerprint density at radius 1 is 1.32 bits per heavy atom. The second-order valence-electron chi connectivity index (χ2n) is 7.92. The van der Waals surface area contributed by atoms with Gasteiger partial charge in [0.25, 0.3) is 0 Å². The van der Waals surface area contributed by atoms with Crippen molar-refractivity contribution in [3.8, 4) is 5.95 Å². The van der Waals surface area contributed by atoms with Crippen molar-refractivity contribution >= 4 is 33.4 Å². The molecule has 0 spiro atoms. The number of para-hydroxylation sites is 1. The third kappa shape index (κ3) is 3.23. The molecule has 0 amide bonds. The molecule has 1 aliphatic carbocycles. The zero-order chi connectivity index (χ0) is 21.8. The van der Waals surface area contributed by atoms with Crippen molar-refractivity contribution in [3.05, 3.63) is 35.8 Å². The maximum Gasteiger partial charge on any atom is 0.239 e. The number of morpholine rings is 1. The van der Waals surface area contributed by atoms with E-state index in [9.17, 15) is 8.60 Å². The van der Waals surface area contributed by atoms with Crippen LogP contribution in [0.2, 0.25) is 0 Å². The molecule has 3 heterocycles. The van der Waals surface area contributed by atoms with Crippen molar-refractivity contribution in [3.63, 3.8) is 0 Å². The molecule has 0 radical (unpaired) electrons. The normalized spacial score (nSPS) is 20.4. The zero-order valence-corrected chi connectivity index (χ0v) is 18.1. The first kappa shape index (κ1) is 20.1. The van der Waals surface area contributed by atoms with Crippen molar-refractivity contribution in [2.75, 3.05) is 37.0 Å². The summed E-state index contributed by atoms with van der Waals surface area (Å²) >= 11 is 0. The minimum absolute atomic E-state index is 0.0988. The van der Waals surface area contributed by atoms with E-state index in [1.807, 2.05) is 6.07 Å². The predicted octanol–water partition coefficient (Wildman–Crippen LogP) is 2.94. The molecular formula is C20H23FN7O2S-. The molecule has 1 saturated heterocycles. The minimum atomic E-state index is -1.81. The number of nitrogens with one attached hydrogen (secondary N) is 2. The maximum atomic E-state index is 14.4. The topological polar surface area (TPSA) is 109 Å². The van der Waals surface area contributed by atoms with Crippen molar-refractivity contribution < 1.29 is 13.3 Å². The van der Waals surface area contributed by atoms with Crippen molar-refractivity contribution in [1.29, 1.82) is 4.78 Å². The number of halogens is 1. The number of hydrogen-bond acceptors (Lipinski definition) is 9. The summed E-state index contributed by atoms with van der Waals surface area (Å²) in [6.45, 7) is 3.87. The highest BCUT2D eigenvalue weighted by atomic mass is 32.2. The van der Waals surface area contributed by atoms with Gasteiger partial charge in [-0.3, -0.25) is 0 Å². The molecule has 9 nitrogen and oxygen atoms in total. The SMILES string of the molecule is CNc1nc2c(F)cccc2n1-c1nc(N2CCOCC2C)cc(C2([S-](=N)=O)CC2)n1. The third-order valence-corrected chi connectivity index (χ3v) is 7.28. The number of hydrogen-bond donors (Lipinski definition) is 2. The van der Waals surface area contributed by atoms with Crippen LogP contribution >= 0.6 is 0 Å². The van der Waals surface area contributed by atoms with E-state index in [4.69, 9.17) is 19.5 Å². The van der Waals surface area contributed by atoms with Gasteiger partial charge in [0.2, 0.25) is 11.9 Å². The number of nitrogens with zero attached hydrogens (tertiary/aromatic N) is 5. The summed E-state index contributed by atoms with van der Waals surface area (Å²) in [5.74, 6) is 0.945. The fourth-order valence-corrected chi connectivity index (χ4v) is 4.82. The number of imidazole rings is 1. The Kier molecular flexibility index (Phi) is 4.82. The minimum Gasteiger partial charge on any atom is -0.444 e. The average molecular weight is 445 g/mol. The predicted molar refractivity (Wildman–Crippen MR) is 115 cm³/mol. The fourth-order valence-electron chi connectivity index (χ4n) is 4.06. The van der Waals surface area contributed by atoms with Gasteiger partial charge in [-0.05, 0) is 23.8 Å². The van der Waals surface area contributed by atoms with E-state index < -0.39 is 21.2 Å². The van der Waals surface area contributed by atoms with Crippen LogP contribution in [-0.4, -0.2) is 52.4 Å². The molecule has 2 aromatic heterocycles. The highest BCUT2D eigenvalue weighted by Gasteiger charge is 2.41. The van der Waals surface area contributed by atoms with Gasteiger partial charge in [-0.15, -0.1) is 0 Å². The number of benzene rings is 1. The molecule has 31 heavy (non-hydrogen) atoms. The van der Waals surface area contributed by atoms with Crippen LogP contribution in [0.25, 0.3) is 17.0 Å². The Hall–Kier alpha value is -2.79. The molecule has 2 aliphatic rings. The summed E-state index contributed by atoms with van der Waals surface area (Å²) in [7, 11) is -0.115. The van der Waals surface area contributed by atoms with Gasteiger partial charge in [0.15, 0.2) is 5.82 Å². The molecule has 1 atom stereocenters. The molecule has 11 heteroatoms. The lowest BCUT2D eigenvalue weighted by Gasteiger charge is -2.35. The van der Waals surface area contributed by atoms with Gasteiger partial charge in [-0.2, -0.15) is 15.6 Å². The monoisotopic (exact) mass is 444 g/mol. The molecule has 1 aliphatic heterocycles. The summed E-state index contributed by atoms with van der Waals surface area (Å²) in [5.41, 5.74) is 1.31. The molecule has 1 aromatic carbocycles. The largest absolute Gasteiger partial charge is 0.444 e. The van der Waals surface area contributed by atoms with E-state index in [1.165, 1.54) is 6.07 Å². The molecule has 2 N–H and O–H groups in total.